The van der Waals surface area contributed by atoms with Gasteiger partial charge in [-0.1, -0.05) is 78.4 Å². The number of ketones is 2. The van der Waals surface area contributed by atoms with E-state index in [9.17, 15) is 24.3 Å². The number of hydrogen-bond donors (Lipinski definition) is 1. The van der Waals surface area contributed by atoms with E-state index in [0.717, 1.165) is 43.6 Å². The zero-order chi connectivity index (χ0) is 34.5. The van der Waals surface area contributed by atoms with Crippen LogP contribution in [0.1, 0.15) is 55.2 Å². The number of hydrogen-bond acceptors (Lipinski definition) is 7. The van der Waals surface area contributed by atoms with Crippen molar-refractivity contribution in [3.05, 3.63) is 130 Å². The number of benzene rings is 3. The minimum atomic E-state index is -0.716. The number of fused-ring (bicyclic) bond motifs is 3. The number of Topliss-reactive ketones (excluding diaryl/α,β-unsaturated/α-hetero) is 1. The molecule has 8 nitrogen and oxygen atoms in total. The summed E-state index contributed by atoms with van der Waals surface area (Å²) in [4.78, 5) is 59.7. The molecule has 254 valence electrons. The molecular weight excluding hydrogens is 628 g/mol. The van der Waals surface area contributed by atoms with Crippen LogP contribution in [-0.2, 0) is 32.3 Å². The molecule has 2 fully saturated rings. The van der Waals surface area contributed by atoms with Crippen LogP contribution in [0.25, 0.3) is 0 Å². The highest BCUT2D eigenvalue weighted by atomic mass is 16.5. The molecule has 8 rings (SSSR count). The number of phenols is 1. The molecule has 0 saturated carbocycles. The average Bonchev–Trinajstić information content (AvgIpc) is 3.39. The Kier molecular flexibility index (Phi) is 8.35. The summed E-state index contributed by atoms with van der Waals surface area (Å²) in [5.41, 5.74) is 4.64. The topological polar surface area (TPSA) is 104 Å². The smallest absolute Gasteiger partial charge is 0.233 e. The summed E-state index contributed by atoms with van der Waals surface area (Å²) in [5.74, 6) is -2.63. The lowest BCUT2D eigenvalue weighted by atomic mass is 9.59. The summed E-state index contributed by atoms with van der Waals surface area (Å²) in [7, 11) is 0. The van der Waals surface area contributed by atoms with Gasteiger partial charge >= 0.3 is 0 Å². The van der Waals surface area contributed by atoms with Crippen LogP contribution in [0.4, 0.5) is 0 Å². The first-order valence-electron chi connectivity index (χ1n) is 17.6. The minimum absolute atomic E-state index is 0.0553. The van der Waals surface area contributed by atoms with E-state index in [4.69, 9.17) is 4.74 Å². The third-order valence-corrected chi connectivity index (χ3v) is 11.3. The van der Waals surface area contributed by atoms with Crippen molar-refractivity contribution in [2.45, 2.75) is 57.7 Å². The lowest BCUT2D eigenvalue weighted by molar-refractivity contribution is -0.144. The summed E-state index contributed by atoms with van der Waals surface area (Å²) in [6.07, 6.45) is 5.41. The highest BCUT2D eigenvalue weighted by Crippen LogP contribution is 2.56. The molecule has 0 radical (unpaired) electrons. The van der Waals surface area contributed by atoms with Crippen LogP contribution in [0.2, 0.25) is 0 Å². The van der Waals surface area contributed by atoms with E-state index in [0.29, 0.717) is 41.1 Å². The fourth-order valence-corrected chi connectivity index (χ4v) is 8.90. The Balaban J connectivity index is 1.07. The van der Waals surface area contributed by atoms with Gasteiger partial charge in [0.1, 0.15) is 18.1 Å². The Morgan fingerprint density at radius 3 is 2.24 bits per heavy atom. The van der Waals surface area contributed by atoms with Crippen LogP contribution < -0.4 is 4.74 Å². The Hall–Kier alpha value is -5.08. The molecule has 2 aliphatic heterocycles. The van der Waals surface area contributed by atoms with Crippen LogP contribution in [0.5, 0.6) is 11.5 Å². The molecule has 50 heavy (non-hydrogen) atoms. The van der Waals surface area contributed by atoms with Gasteiger partial charge in [-0.2, -0.15) is 0 Å². The number of rotatable bonds is 7. The molecule has 2 heterocycles. The number of phenolic OH excluding ortho intramolecular Hbond substituents is 1. The van der Waals surface area contributed by atoms with Crippen molar-refractivity contribution in [2.24, 2.45) is 17.8 Å². The second-order valence-electron chi connectivity index (χ2n) is 14.3. The number of ether oxygens (including phenoxy) is 1. The fraction of sp³-hybridized carbons (Fsp3) is 0.333. The molecule has 0 aromatic heterocycles. The number of piperidine rings is 1. The Morgan fingerprint density at radius 2 is 1.54 bits per heavy atom. The summed E-state index contributed by atoms with van der Waals surface area (Å²) >= 11 is 0. The molecule has 2 saturated heterocycles. The maximum Gasteiger partial charge on any atom is 0.233 e. The van der Waals surface area contributed by atoms with Crippen LogP contribution >= 0.6 is 0 Å². The van der Waals surface area contributed by atoms with E-state index in [1.165, 1.54) is 11.6 Å². The first kappa shape index (κ1) is 32.1. The van der Waals surface area contributed by atoms with Crippen molar-refractivity contribution in [3.63, 3.8) is 0 Å². The van der Waals surface area contributed by atoms with Gasteiger partial charge in [0.25, 0.3) is 0 Å². The monoisotopic (exact) mass is 668 g/mol. The lowest BCUT2D eigenvalue weighted by Gasteiger charge is -2.42. The minimum Gasteiger partial charge on any atom is -0.507 e. The highest BCUT2D eigenvalue weighted by Gasteiger charge is 2.57. The van der Waals surface area contributed by atoms with E-state index in [1.54, 1.807) is 30.0 Å². The van der Waals surface area contributed by atoms with E-state index in [1.807, 2.05) is 54.6 Å². The van der Waals surface area contributed by atoms with Crippen molar-refractivity contribution in [2.75, 3.05) is 13.1 Å². The van der Waals surface area contributed by atoms with Gasteiger partial charge in [0, 0.05) is 59.9 Å². The highest BCUT2D eigenvalue weighted by molar-refractivity contribution is 6.23. The number of allylic oxidation sites excluding steroid dienone is 6. The largest absolute Gasteiger partial charge is 0.507 e. The first-order chi connectivity index (χ1) is 24.3. The molecule has 3 aromatic rings. The van der Waals surface area contributed by atoms with Crippen LogP contribution in [0.3, 0.4) is 0 Å². The normalized spacial score (nSPS) is 25.6. The van der Waals surface area contributed by atoms with E-state index in [2.05, 4.69) is 17.0 Å². The summed E-state index contributed by atoms with van der Waals surface area (Å²) in [6.45, 7) is 4.39. The molecule has 3 aliphatic carbocycles. The molecule has 4 atom stereocenters. The summed E-state index contributed by atoms with van der Waals surface area (Å²) < 4.78 is 5.96. The van der Waals surface area contributed by atoms with Gasteiger partial charge < -0.3 is 9.84 Å². The maximum absolute atomic E-state index is 14.4. The third-order valence-electron chi connectivity index (χ3n) is 11.3. The van der Waals surface area contributed by atoms with Gasteiger partial charge in [0.15, 0.2) is 11.6 Å². The predicted molar refractivity (Wildman–Crippen MR) is 187 cm³/mol. The second-order valence-corrected chi connectivity index (χ2v) is 14.3. The lowest BCUT2D eigenvalue weighted by Crippen LogP contribution is -2.47. The third kappa shape index (κ3) is 5.61. The van der Waals surface area contributed by atoms with Crippen LogP contribution in [0, 0.1) is 17.8 Å². The molecule has 0 unspecified atom stereocenters. The number of likely N-dealkylation sites (tertiary alicyclic amines) is 2. The Labute approximate surface area is 291 Å². The number of carbonyl (C=O) groups is 4. The molecule has 1 N–H and O–H groups in total. The van der Waals surface area contributed by atoms with Crippen molar-refractivity contribution < 1.29 is 29.0 Å². The zero-order valence-corrected chi connectivity index (χ0v) is 28.1. The van der Waals surface area contributed by atoms with Gasteiger partial charge in [-0.05, 0) is 61.8 Å². The average molecular weight is 669 g/mol. The van der Waals surface area contributed by atoms with Gasteiger partial charge in [-0.15, -0.1) is 0 Å². The van der Waals surface area contributed by atoms with Crippen molar-refractivity contribution in [1.29, 1.82) is 0 Å². The van der Waals surface area contributed by atoms with Crippen LogP contribution in [0.15, 0.2) is 113 Å². The van der Waals surface area contributed by atoms with Crippen molar-refractivity contribution in [1.82, 2.24) is 9.80 Å². The molecule has 3 aromatic carbocycles. The van der Waals surface area contributed by atoms with E-state index in [-0.39, 0.29) is 41.6 Å². The Morgan fingerprint density at radius 1 is 0.840 bits per heavy atom. The van der Waals surface area contributed by atoms with Gasteiger partial charge in [0.2, 0.25) is 11.8 Å². The molecular formula is C42H40N2O6. The van der Waals surface area contributed by atoms with Crippen molar-refractivity contribution >= 4 is 23.4 Å². The zero-order valence-electron chi connectivity index (χ0n) is 28.1. The predicted octanol–water partition coefficient (Wildman–Crippen LogP) is 6.07. The number of imide groups is 1. The fourth-order valence-electron chi connectivity index (χ4n) is 8.90. The molecule has 5 aliphatic rings. The molecule has 0 spiro atoms. The summed E-state index contributed by atoms with van der Waals surface area (Å²) in [6, 6.07) is 24.9. The number of amides is 2. The van der Waals surface area contributed by atoms with E-state index >= 15 is 0 Å². The van der Waals surface area contributed by atoms with Crippen molar-refractivity contribution in [3.8, 4) is 11.5 Å². The molecule has 0 bridgehead atoms. The molecule has 8 heteroatoms. The Bertz CT molecular complexity index is 1970. The SMILES string of the molecule is CC1=CC(=O)C2=C(C[C@@H]3C(=CC[C@@H]4C(=O)N(C5CCN(Cc6ccccc6)CC5)C(=O)[C@@H]43)[C@@H]2c2ccc(OCc3ccccc3)cc2O)C1=O. The quantitative estimate of drug-likeness (QED) is 0.185. The van der Waals surface area contributed by atoms with E-state index < -0.39 is 23.7 Å². The number of carbonyl (C=O) groups excluding carboxylic acids is 4. The number of nitrogens with zero attached hydrogens (tertiary/aromatic N) is 2. The first-order valence-corrected chi connectivity index (χ1v) is 17.6. The summed E-state index contributed by atoms with van der Waals surface area (Å²) in [5, 5.41) is 11.5. The second kappa shape index (κ2) is 13.0. The maximum atomic E-state index is 14.4. The van der Waals surface area contributed by atoms with Gasteiger partial charge in [-0.3, -0.25) is 29.0 Å². The standard InChI is InChI=1S/C42H40N2O6/c1-25-20-36(46)39-34(40(25)47)22-33-30(37(39)31-13-12-29(21-35(31)45)50-24-27-10-6-3-7-11-27)14-15-32-38(33)42(49)44(41(32)48)28-16-18-43(19-17-28)23-26-8-4-2-5-9-26/h2-14,20-21,28,32-33,37-38,45H,15-19,22-24H2,1H3/t32-,33+,37+,38-/m0/s1. The van der Waals surface area contributed by atoms with Gasteiger partial charge in [-0.25, -0.2) is 0 Å². The van der Waals surface area contributed by atoms with Crippen LogP contribution in [-0.4, -0.2) is 57.4 Å². The molecule has 2 amide bonds. The number of aromatic hydroxyl groups is 1. The van der Waals surface area contributed by atoms with Gasteiger partial charge in [0.05, 0.1) is 11.8 Å².